The number of rotatable bonds is 4. The fourth-order valence-corrected chi connectivity index (χ4v) is 2.13. The Hall–Kier alpha value is -2.28. The van der Waals surface area contributed by atoms with Gasteiger partial charge in [0.15, 0.2) is 17.4 Å². The van der Waals surface area contributed by atoms with E-state index in [0.717, 1.165) is 5.69 Å². The zero-order valence-corrected chi connectivity index (χ0v) is 12.4. The van der Waals surface area contributed by atoms with Gasteiger partial charge in [0.05, 0.1) is 5.69 Å². The molecule has 5 nitrogen and oxygen atoms in total. The van der Waals surface area contributed by atoms with E-state index < -0.39 is 5.82 Å². The lowest BCUT2D eigenvalue weighted by Gasteiger charge is -2.07. The van der Waals surface area contributed by atoms with Crippen LogP contribution < -0.4 is 4.74 Å². The van der Waals surface area contributed by atoms with Gasteiger partial charge in [0, 0.05) is 4.47 Å². The number of benzene rings is 2. The van der Waals surface area contributed by atoms with Crippen molar-refractivity contribution < 1.29 is 9.13 Å². The highest BCUT2D eigenvalue weighted by Gasteiger charge is 2.10. The van der Waals surface area contributed by atoms with Crippen molar-refractivity contribution in [2.45, 2.75) is 6.61 Å². The molecule has 0 radical (unpaired) electrons. The van der Waals surface area contributed by atoms with Crippen LogP contribution in [0.2, 0.25) is 0 Å². The van der Waals surface area contributed by atoms with Crippen LogP contribution in [0, 0.1) is 5.82 Å². The normalized spacial score (nSPS) is 10.6. The fraction of sp³-hybridized carbons (Fsp3) is 0.0714. The van der Waals surface area contributed by atoms with Crippen LogP contribution in [0.1, 0.15) is 5.82 Å². The summed E-state index contributed by atoms with van der Waals surface area (Å²) in [6.07, 6.45) is 0. The Labute approximate surface area is 128 Å². The molecular formula is C14H10BrFN4O. The van der Waals surface area contributed by atoms with Crippen molar-refractivity contribution in [2.75, 3.05) is 0 Å². The third-order valence-corrected chi connectivity index (χ3v) is 3.28. The van der Waals surface area contributed by atoms with Gasteiger partial charge in [0.1, 0.15) is 6.61 Å². The first-order valence-electron chi connectivity index (χ1n) is 6.14. The maximum atomic E-state index is 13.7. The number of hydrogen-bond donors (Lipinski definition) is 0. The van der Waals surface area contributed by atoms with E-state index in [4.69, 9.17) is 4.74 Å². The standard InChI is InChI=1S/C14H10BrFN4O/c15-10-6-7-13(12(16)8-10)21-9-14-17-18-19-20(14)11-4-2-1-3-5-11/h1-8H,9H2. The minimum atomic E-state index is -0.442. The Kier molecular flexibility index (Phi) is 3.92. The predicted octanol–water partition coefficient (Wildman–Crippen LogP) is 3.14. The van der Waals surface area contributed by atoms with Gasteiger partial charge in [-0.2, -0.15) is 4.68 Å². The van der Waals surface area contributed by atoms with E-state index in [0.29, 0.717) is 10.3 Å². The number of aromatic nitrogens is 4. The van der Waals surface area contributed by atoms with E-state index in [1.165, 1.54) is 6.07 Å². The molecule has 0 saturated heterocycles. The fourth-order valence-electron chi connectivity index (χ4n) is 1.80. The Morgan fingerprint density at radius 2 is 1.95 bits per heavy atom. The van der Waals surface area contributed by atoms with E-state index in [1.54, 1.807) is 16.8 Å². The molecule has 106 valence electrons. The summed E-state index contributed by atoms with van der Waals surface area (Å²) in [6, 6.07) is 14.0. The summed E-state index contributed by atoms with van der Waals surface area (Å²) >= 11 is 3.20. The predicted molar refractivity (Wildman–Crippen MR) is 77.6 cm³/mol. The van der Waals surface area contributed by atoms with Crippen LogP contribution in [-0.4, -0.2) is 20.2 Å². The molecule has 1 heterocycles. The van der Waals surface area contributed by atoms with Gasteiger partial charge in [0.25, 0.3) is 0 Å². The van der Waals surface area contributed by atoms with Gasteiger partial charge in [-0.1, -0.05) is 34.1 Å². The zero-order valence-electron chi connectivity index (χ0n) is 10.8. The molecule has 0 fully saturated rings. The van der Waals surface area contributed by atoms with Crippen molar-refractivity contribution in [1.82, 2.24) is 20.2 Å². The largest absolute Gasteiger partial charge is 0.482 e. The highest BCUT2D eigenvalue weighted by Crippen LogP contribution is 2.22. The molecule has 0 N–H and O–H groups in total. The number of tetrazole rings is 1. The number of ether oxygens (including phenoxy) is 1. The Morgan fingerprint density at radius 1 is 1.14 bits per heavy atom. The summed E-state index contributed by atoms with van der Waals surface area (Å²) in [4.78, 5) is 0. The molecule has 0 aliphatic carbocycles. The molecule has 2 aromatic carbocycles. The maximum Gasteiger partial charge on any atom is 0.194 e. The quantitative estimate of drug-likeness (QED) is 0.726. The maximum absolute atomic E-state index is 13.7. The number of para-hydroxylation sites is 1. The lowest BCUT2D eigenvalue weighted by Crippen LogP contribution is -2.07. The third kappa shape index (κ3) is 3.08. The number of hydrogen-bond acceptors (Lipinski definition) is 4. The first kappa shape index (κ1) is 13.7. The van der Waals surface area contributed by atoms with Crippen LogP contribution in [0.15, 0.2) is 53.0 Å². The van der Waals surface area contributed by atoms with Crippen LogP contribution >= 0.6 is 15.9 Å². The molecule has 0 amide bonds. The molecule has 7 heteroatoms. The molecular weight excluding hydrogens is 339 g/mol. The molecule has 3 aromatic rings. The average Bonchev–Trinajstić information content (AvgIpc) is 2.96. The van der Waals surface area contributed by atoms with Crippen LogP contribution in [-0.2, 0) is 6.61 Å². The monoisotopic (exact) mass is 348 g/mol. The SMILES string of the molecule is Fc1cc(Br)ccc1OCc1nnnn1-c1ccccc1. The van der Waals surface area contributed by atoms with Gasteiger partial charge < -0.3 is 4.74 Å². The molecule has 0 atom stereocenters. The Bertz CT molecular complexity index is 748. The van der Waals surface area contributed by atoms with Crippen LogP contribution in [0.3, 0.4) is 0 Å². The number of nitrogens with zero attached hydrogens (tertiary/aromatic N) is 4. The lowest BCUT2D eigenvalue weighted by molar-refractivity contribution is 0.278. The second kappa shape index (κ2) is 6.01. The smallest absolute Gasteiger partial charge is 0.194 e. The second-order valence-corrected chi connectivity index (χ2v) is 5.12. The van der Waals surface area contributed by atoms with E-state index >= 15 is 0 Å². The van der Waals surface area contributed by atoms with Gasteiger partial charge >= 0.3 is 0 Å². The summed E-state index contributed by atoms with van der Waals surface area (Å²) in [6.45, 7) is 0.0699. The lowest BCUT2D eigenvalue weighted by atomic mass is 10.3. The van der Waals surface area contributed by atoms with E-state index in [9.17, 15) is 4.39 Å². The molecule has 0 aliphatic rings. The van der Waals surface area contributed by atoms with E-state index in [1.807, 2.05) is 30.3 Å². The summed E-state index contributed by atoms with van der Waals surface area (Å²) in [5.74, 6) is 0.201. The first-order chi connectivity index (χ1) is 10.2. The Morgan fingerprint density at radius 3 is 2.71 bits per heavy atom. The molecule has 0 saturated carbocycles. The van der Waals surface area contributed by atoms with Gasteiger partial charge in [0.2, 0.25) is 0 Å². The topological polar surface area (TPSA) is 52.8 Å². The van der Waals surface area contributed by atoms with Crippen molar-refractivity contribution in [1.29, 1.82) is 0 Å². The number of halogens is 2. The third-order valence-electron chi connectivity index (χ3n) is 2.79. The molecule has 3 rings (SSSR count). The van der Waals surface area contributed by atoms with Crippen molar-refractivity contribution in [3.8, 4) is 11.4 Å². The Balaban J connectivity index is 1.79. The highest BCUT2D eigenvalue weighted by atomic mass is 79.9. The van der Waals surface area contributed by atoms with Crippen LogP contribution in [0.5, 0.6) is 5.75 Å². The minimum Gasteiger partial charge on any atom is -0.482 e. The van der Waals surface area contributed by atoms with Crippen molar-refractivity contribution in [3.05, 3.63) is 64.6 Å². The molecule has 21 heavy (non-hydrogen) atoms. The summed E-state index contributed by atoms with van der Waals surface area (Å²) in [5, 5.41) is 11.4. The summed E-state index contributed by atoms with van der Waals surface area (Å²) in [7, 11) is 0. The van der Waals surface area contributed by atoms with Gasteiger partial charge in [-0.25, -0.2) is 4.39 Å². The summed E-state index contributed by atoms with van der Waals surface area (Å²) in [5.41, 5.74) is 0.817. The van der Waals surface area contributed by atoms with E-state index in [-0.39, 0.29) is 12.4 Å². The van der Waals surface area contributed by atoms with Crippen molar-refractivity contribution in [3.63, 3.8) is 0 Å². The summed E-state index contributed by atoms with van der Waals surface area (Å²) < 4.78 is 21.3. The average molecular weight is 349 g/mol. The molecule has 0 bridgehead atoms. The van der Waals surface area contributed by atoms with Gasteiger partial charge in [-0.05, 0) is 40.8 Å². The zero-order chi connectivity index (χ0) is 14.7. The van der Waals surface area contributed by atoms with E-state index in [2.05, 4.69) is 31.5 Å². The van der Waals surface area contributed by atoms with Gasteiger partial charge in [-0.15, -0.1) is 5.10 Å². The van der Waals surface area contributed by atoms with Crippen LogP contribution in [0.4, 0.5) is 4.39 Å². The second-order valence-electron chi connectivity index (χ2n) is 4.21. The molecule has 0 unspecified atom stereocenters. The van der Waals surface area contributed by atoms with Crippen molar-refractivity contribution >= 4 is 15.9 Å². The minimum absolute atomic E-state index is 0.0699. The highest BCUT2D eigenvalue weighted by molar-refractivity contribution is 9.10. The van der Waals surface area contributed by atoms with Gasteiger partial charge in [-0.3, -0.25) is 0 Å². The van der Waals surface area contributed by atoms with Crippen LogP contribution in [0.25, 0.3) is 5.69 Å². The molecule has 0 spiro atoms. The first-order valence-corrected chi connectivity index (χ1v) is 6.94. The molecule has 0 aliphatic heterocycles. The van der Waals surface area contributed by atoms with Crippen molar-refractivity contribution in [2.24, 2.45) is 0 Å². The molecule has 1 aromatic heterocycles.